The first-order valence-corrected chi connectivity index (χ1v) is 5.71. The Morgan fingerprint density at radius 3 is 2.64 bits per heavy atom. The maximum Gasteiger partial charge on any atom is 0.0215 e. The van der Waals surface area contributed by atoms with Gasteiger partial charge in [0.05, 0.1) is 0 Å². The molecule has 2 atom stereocenters. The average Bonchev–Trinajstić information content (AvgIpc) is 2.14. The molecule has 1 saturated carbocycles. The van der Waals surface area contributed by atoms with Gasteiger partial charge in [0, 0.05) is 18.5 Å². The number of hydrogen-bond donors (Lipinski definition) is 1. The summed E-state index contributed by atoms with van der Waals surface area (Å²) in [5.41, 5.74) is 0.378. The Morgan fingerprint density at radius 1 is 1.36 bits per heavy atom. The van der Waals surface area contributed by atoms with Gasteiger partial charge in [0.15, 0.2) is 0 Å². The molecule has 1 aliphatic carbocycles. The molecule has 1 rings (SSSR count). The van der Waals surface area contributed by atoms with E-state index in [0.29, 0.717) is 17.4 Å². The predicted molar refractivity (Wildman–Crippen MR) is 62.0 cm³/mol. The van der Waals surface area contributed by atoms with Gasteiger partial charge < -0.3 is 5.32 Å². The molecule has 80 valence electrons. The Balaban J connectivity index is 2.28. The van der Waals surface area contributed by atoms with E-state index in [0.717, 1.165) is 6.54 Å². The van der Waals surface area contributed by atoms with Crippen LogP contribution >= 0.6 is 0 Å². The van der Waals surface area contributed by atoms with Crippen LogP contribution < -0.4 is 5.32 Å². The van der Waals surface area contributed by atoms with Crippen molar-refractivity contribution in [2.45, 2.75) is 52.5 Å². The van der Waals surface area contributed by atoms with E-state index in [1.165, 1.54) is 25.7 Å². The molecule has 1 N–H and O–H groups in total. The Bertz CT molecular complexity index is 206. The number of terminal acetylenes is 1. The van der Waals surface area contributed by atoms with E-state index in [-0.39, 0.29) is 0 Å². The zero-order valence-electron chi connectivity index (χ0n) is 9.77. The van der Waals surface area contributed by atoms with Gasteiger partial charge in [0.2, 0.25) is 0 Å². The predicted octanol–water partition coefficient (Wildman–Crippen LogP) is 2.81. The van der Waals surface area contributed by atoms with Crippen molar-refractivity contribution in [3.05, 3.63) is 0 Å². The lowest BCUT2D eigenvalue weighted by molar-refractivity contribution is 0.285. The molecule has 0 aromatic carbocycles. The van der Waals surface area contributed by atoms with Crippen LogP contribution in [0.25, 0.3) is 0 Å². The van der Waals surface area contributed by atoms with Crippen LogP contribution in [0.4, 0.5) is 0 Å². The van der Waals surface area contributed by atoms with Gasteiger partial charge >= 0.3 is 0 Å². The van der Waals surface area contributed by atoms with E-state index >= 15 is 0 Å². The molecule has 2 unspecified atom stereocenters. The molecule has 0 spiro atoms. The Hall–Kier alpha value is -0.480. The lowest BCUT2D eigenvalue weighted by atomic mass is 9.85. The molecular formula is C13H23N. The van der Waals surface area contributed by atoms with Crippen molar-refractivity contribution in [3.8, 4) is 12.3 Å². The zero-order chi connectivity index (χ0) is 10.6. The molecule has 0 bridgehead atoms. The SMILES string of the molecule is C#CC1CCCC(NCC(C)(C)C)C1. The van der Waals surface area contributed by atoms with Gasteiger partial charge in [-0.3, -0.25) is 0 Å². The van der Waals surface area contributed by atoms with Crippen molar-refractivity contribution in [1.29, 1.82) is 0 Å². The summed E-state index contributed by atoms with van der Waals surface area (Å²) < 4.78 is 0. The summed E-state index contributed by atoms with van der Waals surface area (Å²) in [7, 11) is 0. The lowest BCUT2D eigenvalue weighted by Gasteiger charge is -2.30. The fourth-order valence-electron chi connectivity index (χ4n) is 1.98. The summed E-state index contributed by atoms with van der Waals surface area (Å²) in [6.07, 6.45) is 10.5. The second-order valence-corrected chi connectivity index (χ2v) is 5.67. The first kappa shape index (κ1) is 11.6. The van der Waals surface area contributed by atoms with Crippen molar-refractivity contribution in [2.75, 3.05) is 6.54 Å². The molecule has 0 radical (unpaired) electrons. The first-order valence-electron chi connectivity index (χ1n) is 5.71. The summed E-state index contributed by atoms with van der Waals surface area (Å²) in [5.74, 6) is 3.41. The topological polar surface area (TPSA) is 12.0 Å². The maximum absolute atomic E-state index is 5.47. The van der Waals surface area contributed by atoms with E-state index in [9.17, 15) is 0 Å². The molecule has 1 nitrogen and oxygen atoms in total. The molecule has 0 amide bonds. The highest BCUT2D eigenvalue weighted by atomic mass is 14.9. The summed E-state index contributed by atoms with van der Waals surface area (Å²) in [6.45, 7) is 7.89. The van der Waals surface area contributed by atoms with Gasteiger partial charge in [-0.25, -0.2) is 0 Å². The molecule has 0 aliphatic heterocycles. The molecule has 1 heteroatoms. The van der Waals surface area contributed by atoms with Crippen molar-refractivity contribution in [3.63, 3.8) is 0 Å². The largest absolute Gasteiger partial charge is 0.313 e. The van der Waals surface area contributed by atoms with Gasteiger partial charge in [-0.2, -0.15) is 0 Å². The van der Waals surface area contributed by atoms with Crippen molar-refractivity contribution < 1.29 is 0 Å². The van der Waals surface area contributed by atoms with Crippen LogP contribution in [0.3, 0.4) is 0 Å². The summed E-state index contributed by atoms with van der Waals surface area (Å²) in [5, 5.41) is 3.63. The molecule has 14 heavy (non-hydrogen) atoms. The highest BCUT2D eigenvalue weighted by Gasteiger charge is 2.21. The minimum absolute atomic E-state index is 0.378. The number of nitrogens with one attached hydrogen (secondary N) is 1. The van der Waals surface area contributed by atoms with E-state index in [1.807, 2.05) is 0 Å². The zero-order valence-corrected chi connectivity index (χ0v) is 9.77. The highest BCUT2D eigenvalue weighted by Crippen LogP contribution is 2.24. The third-order valence-electron chi connectivity index (χ3n) is 2.83. The van der Waals surface area contributed by atoms with E-state index in [2.05, 4.69) is 32.0 Å². The van der Waals surface area contributed by atoms with Crippen LogP contribution in [0.5, 0.6) is 0 Å². The highest BCUT2D eigenvalue weighted by molar-refractivity contribution is 4.97. The molecule has 0 saturated heterocycles. The molecule has 1 fully saturated rings. The van der Waals surface area contributed by atoms with E-state index < -0.39 is 0 Å². The normalized spacial score (nSPS) is 28.4. The second-order valence-electron chi connectivity index (χ2n) is 5.67. The lowest BCUT2D eigenvalue weighted by Crippen LogP contribution is -2.38. The molecule has 0 heterocycles. The summed E-state index contributed by atoms with van der Waals surface area (Å²) in [6, 6.07) is 0.657. The van der Waals surface area contributed by atoms with E-state index in [4.69, 9.17) is 6.42 Å². The van der Waals surface area contributed by atoms with Gasteiger partial charge in [0.1, 0.15) is 0 Å². The number of hydrogen-bond acceptors (Lipinski definition) is 1. The average molecular weight is 193 g/mol. The van der Waals surface area contributed by atoms with Crippen LogP contribution in [0, 0.1) is 23.7 Å². The fourth-order valence-corrected chi connectivity index (χ4v) is 1.98. The summed E-state index contributed by atoms with van der Waals surface area (Å²) in [4.78, 5) is 0. The second kappa shape index (κ2) is 4.84. The molecule has 0 aromatic heterocycles. The Kier molecular flexibility index (Phi) is 4.01. The van der Waals surface area contributed by atoms with Gasteiger partial charge in [-0.1, -0.05) is 27.2 Å². The van der Waals surface area contributed by atoms with Gasteiger partial charge in [-0.05, 0) is 24.7 Å². The Morgan fingerprint density at radius 2 is 2.07 bits per heavy atom. The van der Waals surface area contributed by atoms with E-state index in [1.54, 1.807) is 0 Å². The molecule has 1 aliphatic rings. The van der Waals surface area contributed by atoms with Crippen LogP contribution in [0.1, 0.15) is 46.5 Å². The van der Waals surface area contributed by atoms with Crippen LogP contribution in [-0.4, -0.2) is 12.6 Å². The molecule has 0 aromatic rings. The van der Waals surface area contributed by atoms with Gasteiger partial charge in [-0.15, -0.1) is 12.3 Å². The van der Waals surface area contributed by atoms with Crippen molar-refractivity contribution in [1.82, 2.24) is 5.32 Å². The van der Waals surface area contributed by atoms with Crippen molar-refractivity contribution in [2.24, 2.45) is 11.3 Å². The Labute approximate surface area is 88.7 Å². The monoisotopic (exact) mass is 193 g/mol. The molecular weight excluding hydrogens is 170 g/mol. The third-order valence-corrected chi connectivity index (χ3v) is 2.83. The smallest absolute Gasteiger partial charge is 0.0215 e. The number of rotatable bonds is 2. The van der Waals surface area contributed by atoms with Gasteiger partial charge in [0.25, 0.3) is 0 Å². The first-order chi connectivity index (χ1) is 6.51. The quantitative estimate of drug-likeness (QED) is 0.665. The summed E-state index contributed by atoms with van der Waals surface area (Å²) >= 11 is 0. The van der Waals surface area contributed by atoms with Crippen LogP contribution in [0.15, 0.2) is 0 Å². The third kappa shape index (κ3) is 4.15. The minimum Gasteiger partial charge on any atom is -0.313 e. The van der Waals surface area contributed by atoms with Crippen LogP contribution in [-0.2, 0) is 0 Å². The fraction of sp³-hybridized carbons (Fsp3) is 0.846. The standard InChI is InChI=1S/C13H23N/c1-5-11-7-6-8-12(9-11)14-10-13(2,3)4/h1,11-12,14H,6-10H2,2-4H3. The van der Waals surface area contributed by atoms with Crippen LogP contribution in [0.2, 0.25) is 0 Å². The van der Waals surface area contributed by atoms with Crippen molar-refractivity contribution >= 4 is 0 Å². The maximum atomic E-state index is 5.47. The minimum atomic E-state index is 0.378.